The fourth-order valence-electron chi connectivity index (χ4n) is 3.08. The summed E-state index contributed by atoms with van der Waals surface area (Å²) >= 11 is 1.40. The van der Waals surface area contributed by atoms with Crippen LogP contribution in [0.1, 0.15) is 17.4 Å². The average molecular weight is 433 g/mol. The third-order valence-electron chi connectivity index (χ3n) is 4.51. The lowest BCUT2D eigenvalue weighted by molar-refractivity contribution is 0.0594. The zero-order chi connectivity index (χ0) is 21.8. The first-order valence-corrected chi connectivity index (χ1v) is 10.3. The topological polar surface area (TPSA) is 106 Å². The van der Waals surface area contributed by atoms with Crippen molar-refractivity contribution in [3.63, 3.8) is 0 Å². The van der Waals surface area contributed by atoms with Crippen LogP contribution in [0.5, 0.6) is 0 Å². The number of rotatable bonds is 5. The molecule has 0 radical (unpaired) electrons. The number of ether oxygens (including phenoxy) is 1. The van der Waals surface area contributed by atoms with Gasteiger partial charge in [0.15, 0.2) is 5.13 Å². The number of nitrogens with zero attached hydrogens (tertiary/aromatic N) is 3. The van der Waals surface area contributed by atoms with E-state index in [1.807, 2.05) is 37.3 Å². The number of pyridine rings is 2. The molecule has 2 N–H and O–H groups in total. The maximum Gasteiger partial charge on any atom is 0.356 e. The third-order valence-corrected chi connectivity index (χ3v) is 5.53. The first-order valence-electron chi connectivity index (χ1n) is 9.53. The van der Waals surface area contributed by atoms with E-state index in [2.05, 4.69) is 25.6 Å². The van der Waals surface area contributed by atoms with E-state index in [-0.39, 0.29) is 11.7 Å². The second kappa shape index (κ2) is 8.88. The molecule has 8 nitrogen and oxygen atoms in total. The number of carbonyl (C=O) groups is 2. The molecular weight excluding hydrogens is 414 g/mol. The number of esters is 1. The summed E-state index contributed by atoms with van der Waals surface area (Å²) < 4.78 is 5.64. The molecule has 0 aliphatic rings. The lowest BCUT2D eigenvalue weighted by atomic mass is 10.00. The number of hydrogen-bond donors (Lipinski definition) is 2. The fraction of sp³-hybridized carbons (Fsp3) is 0.136. The zero-order valence-electron chi connectivity index (χ0n) is 16.9. The van der Waals surface area contributed by atoms with Gasteiger partial charge in [-0.05, 0) is 36.8 Å². The molecule has 4 aromatic rings. The van der Waals surface area contributed by atoms with Gasteiger partial charge in [-0.1, -0.05) is 23.5 Å². The summed E-state index contributed by atoms with van der Waals surface area (Å²) in [5.41, 5.74) is 4.56. The van der Waals surface area contributed by atoms with E-state index in [0.29, 0.717) is 11.7 Å². The van der Waals surface area contributed by atoms with Gasteiger partial charge in [0.25, 0.3) is 0 Å². The van der Waals surface area contributed by atoms with E-state index < -0.39 is 5.97 Å². The summed E-state index contributed by atoms with van der Waals surface area (Å²) in [6.45, 7) is 2.38. The van der Waals surface area contributed by atoms with E-state index >= 15 is 0 Å². The molecule has 9 heteroatoms. The van der Waals surface area contributed by atoms with Crippen LogP contribution in [0, 0.1) is 0 Å². The minimum atomic E-state index is -0.487. The Bertz CT molecular complexity index is 1240. The molecule has 3 aromatic heterocycles. The number of carbonyl (C=O) groups excluding carboxylic acids is 2. The van der Waals surface area contributed by atoms with E-state index in [1.54, 1.807) is 24.7 Å². The van der Waals surface area contributed by atoms with Crippen LogP contribution in [-0.4, -0.2) is 40.6 Å². The van der Waals surface area contributed by atoms with Gasteiger partial charge < -0.3 is 10.1 Å². The van der Waals surface area contributed by atoms with Crippen LogP contribution >= 0.6 is 11.3 Å². The number of nitrogens with one attached hydrogen (secondary N) is 2. The monoisotopic (exact) mass is 433 g/mol. The lowest BCUT2D eigenvalue weighted by Gasteiger charge is -2.08. The molecule has 1 aromatic carbocycles. The highest BCUT2D eigenvalue weighted by Crippen LogP contribution is 2.38. The number of hydrogen-bond acceptors (Lipinski definition) is 7. The van der Waals surface area contributed by atoms with Gasteiger partial charge in [0.1, 0.15) is 5.69 Å². The van der Waals surface area contributed by atoms with Gasteiger partial charge in [0.05, 0.1) is 17.3 Å². The molecule has 31 heavy (non-hydrogen) atoms. The number of methoxy groups -OCH3 is 1. The molecular formula is C22H19N5O3S. The van der Waals surface area contributed by atoms with Crippen molar-refractivity contribution in [1.82, 2.24) is 20.3 Å². The Balaban J connectivity index is 1.81. The number of fused-ring (bicyclic) bond motifs is 1. The van der Waals surface area contributed by atoms with E-state index in [1.165, 1.54) is 18.4 Å². The second-order valence-corrected chi connectivity index (χ2v) is 7.54. The van der Waals surface area contributed by atoms with E-state index in [0.717, 1.165) is 32.5 Å². The standard InChI is InChI=1S/C22H19N5O3S/c1-3-24-21(29)27-22-26-18-10-15(13-6-7-17(25-12-13)20(28)30-2)9-16(19(18)31-22)14-5-4-8-23-11-14/h4-12H,3H2,1-2H3,(H2,24,26,27,29). The molecule has 0 saturated carbocycles. The van der Waals surface area contributed by atoms with Crippen molar-refractivity contribution in [1.29, 1.82) is 0 Å². The van der Waals surface area contributed by atoms with Crippen LogP contribution < -0.4 is 10.6 Å². The molecule has 0 atom stereocenters. The third kappa shape index (κ3) is 4.36. The molecule has 0 spiro atoms. The van der Waals surface area contributed by atoms with Crippen molar-refractivity contribution in [3.05, 3.63) is 60.7 Å². The molecule has 4 rings (SSSR count). The Morgan fingerprint density at radius 1 is 1.10 bits per heavy atom. The molecule has 0 saturated heterocycles. The number of urea groups is 1. The summed E-state index contributed by atoms with van der Waals surface area (Å²) in [6.07, 6.45) is 5.13. The first kappa shape index (κ1) is 20.4. The van der Waals surface area contributed by atoms with Gasteiger partial charge in [-0.25, -0.2) is 19.6 Å². The Labute approximate surface area is 182 Å². The zero-order valence-corrected chi connectivity index (χ0v) is 17.7. The van der Waals surface area contributed by atoms with Crippen LogP contribution in [0.15, 0.2) is 55.0 Å². The smallest absolute Gasteiger partial charge is 0.356 e. The minimum absolute atomic E-state index is 0.238. The largest absolute Gasteiger partial charge is 0.464 e. The lowest BCUT2D eigenvalue weighted by Crippen LogP contribution is -2.28. The van der Waals surface area contributed by atoms with Gasteiger partial charge in [0, 0.05) is 41.8 Å². The van der Waals surface area contributed by atoms with Crippen molar-refractivity contribution in [3.8, 4) is 22.3 Å². The Morgan fingerprint density at radius 2 is 1.97 bits per heavy atom. The minimum Gasteiger partial charge on any atom is -0.464 e. The average Bonchev–Trinajstić information content (AvgIpc) is 3.20. The van der Waals surface area contributed by atoms with E-state index in [9.17, 15) is 9.59 Å². The molecule has 0 fully saturated rings. The van der Waals surface area contributed by atoms with Crippen molar-refractivity contribution < 1.29 is 14.3 Å². The molecule has 0 bridgehead atoms. The SMILES string of the molecule is CCNC(=O)Nc1nc2cc(-c3ccc(C(=O)OC)nc3)cc(-c3cccnc3)c2s1. The number of thiazole rings is 1. The number of anilines is 1. The molecule has 3 heterocycles. The maximum atomic E-state index is 11.9. The number of benzene rings is 1. The van der Waals surface area contributed by atoms with Gasteiger partial charge in [-0.2, -0.15) is 0 Å². The van der Waals surface area contributed by atoms with Crippen molar-refractivity contribution >= 4 is 38.7 Å². The van der Waals surface area contributed by atoms with Gasteiger partial charge in [-0.3, -0.25) is 10.3 Å². The quantitative estimate of drug-likeness (QED) is 0.453. The predicted octanol–water partition coefficient (Wildman–Crippen LogP) is 4.35. The van der Waals surface area contributed by atoms with Gasteiger partial charge in [0.2, 0.25) is 0 Å². The number of amides is 2. The predicted molar refractivity (Wildman–Crippen MR) is 120 cm³/mol. The van der Waals surface area contributed by atoms with Gasteiger partial charge >= 0.3 is 12.0 Å². The normalized spacial score (nSPS) is 10.6. The Kier molecular flexibility index (Phi) is 5.85. The fourth-order valence-corrected chi connectivity index (χ4v) is 4.06. The van der Waals surface area contributed by atoms with Crippen LogP contribution in [0.4, 0.5) is 9.93 Å². The van der Waals surface area contributed by atoms with Gasteiger partial charge in [-0.15, -0.1) is 0 Å². The number of aromatic nitrogens is 3. The van der Waals surface area contributed by atoms with Crippen LogP contribution in [0.3, 0.4) is 0 Å². The molecule has 0 unspecified atom stereocenters. The van der Waals surface area contributed by atoms with Crippen molar-refractivity contribution in [2.45, 2.75) is 6.92 Å². The summed E-state index contributed by atoms with van der Waals surface area (Å²) in [5, 5.41) is 5.98. The van der Waals surface area contributed by atoms with Crippen LogP contribution in [-0.2, 0) is 4.74 Å². The summed E-state index contributed by atoms with van der Waals surface area (Å²) in [6, 6.07) is 10.9. The first-order chi connectivity index (χ1) is 15.1. The van der Waals surface area contributed by atoms with E-state index in [4.69, 9.17) is 4.74 Å². The molecule has 156 valence electrons. The summed E-state index contributed by atoms with van der Waals surface area (Å²) in [7, 11) is 1.32. The Hall–Kier alpha value is -3.85. The highest BCUT2D eigenvalue weighted by atomic mass is 32.1. The van der Waals surface area contributed by atoms with Crippen molar-refractivity contribution in [2.24, 2.45) is 0 Å². The van der Waals surface area contributed by atoms with Crippen molar-refractivity contribution in [2.75, 3.05) is 19.0 Å². The summed E-state index contributed by atoms with van der Waals surface area (Å²) in [5.74, 6) is -0.487. The molecule has 0 aliphatic carbocycles. The Morgan fingerprint density at radius 3 is 2.65 bits per heavy atom. The summed E-state index contributed by atoms with van der Waals surface area (Å²) in [4.78, 5) is 36.6. The molecule has 0 aliphatic heterocycles. The van der Waals surface area contributed by atoms with Crippen LogP contribution in [0.2, 0.25) is 0 Å². The molecule has 2 amide bonds. The maximum absolute atomic E-state index is 11.9. The highest BCUT2D eigenvalue weighted by Gasteiger charge is 2.15. The van der Waals surface area contributed by atoms with Crippen LogP contribution in [0.25, 0.3) is 32.5 Å². The second-order valence-electron chi connectivity index (χ2n) is 6.54. The highest BCUT2D eigenvalue weighted by molar-refractivity contribution is 7.22.